The van der Waals surface area contributed by atoms with Gasteiger partial charge in [-0.05, 0) is 106 Å². The van der Waals surface area contributed by atoms with Gasteiger partial charge in [-0.1, -0.05) is 30.3 Å². The molecule has 4 N–H and O–H groups in total. The molecule has 0 aromatic heterocycles. The first-order valence-electron chi connectivity index (χ1n) is 15.7. The van der Waals surface area contributed by atoms with Crippen molar-refractivity contribution in [1.29, 1.82) is 0 Å². The molecular weight excluding hydrogens is 580 g/mol. The second-order valence-corrected chi connectivity index (χ2v) is 14.1. The highest BCUT2D eigenvalue weighted by Gasteiger charge is 2.33. The number of amides is 4. The average Bonchev–Trinajstić information content (AvgIpc) is 2.88. The zero-order valence-corrected chi connectivity index (χ0v) is 28.7. The van der Waals surface area contributed by atoms with Gasteiger partial charge in [0.15, 0.2) is 0 Å². The zero-order valence-electron chi connectivity index (χ0n) is 28.7. The van der Waals surface area contributed by atoms with E-state index in [1.807, 2.05) is 30.3 Å². The Morgan fingerprint density at radius 1 is 0.556 bits per heavy atom. The van der Waals surface area contributed by atoms with E-state index in [9.17, 15) is 19.2 Å². The number of nitrogens with one attached hydrogen (secondary N) is 4. The molecule has 0 unspecified atom stereocenters. The Morgan fingerprint density at radius 3 is 1.33 bits per heavy atom. The van der Waals surface area contributed by atoms with Gasteiger partial charge in [0, 0.05) is 25.2 Å². The van der Waals surface area contributed by atoms with E-state index >= 15 is 0 Å². The van der Waals surface area contributed by atoms with Gasteiger partial charge < -0.3 is 40.2 Å². The van der Waals surface area contributed by atoms with Crippen molar-refractivity contribution in [2.75, 3.05) is 19.6 Å². The third-order valence-electron chi connectivity index (χ3n) is 6.08. The van der Waals surface area contributed by atoms with Crippen molar-refractivity contribution < 1.29 is 38.1 Å². The van der Waals surface area contributed by atoms with Gasteiger partial charge >= 0.3 is 24.4 Å². The van der Waals surface area contributed by atoms with Crippen molar-refractivity contribution in [3.63, 3.8) is 0 Å². The topological polar surface area (TPSA) is 153 Å². The van der Waals surface area contributed by atoms with Crippen LogP contribution in [0.15, 0.2) is 30.3 Å². The van der Waals surface area contributed by atoms with E-state index in [2.05, 4.69) is 21.3 Å². The van der Waals surface area contributed by atoms with Crippen LogP contribution in [0.5, 0.6) is 0 Å². The summed E-state index contributed by atoms with van der Waals surface area (Å²) in [5.74, 6) is 0. The molecule has 0 aliphatic heterocycles. The van der Waals surface area contributed by atoms with Gasteiger partial charge in [-0.2, -0.15) is 0 Å². The lowest BCUT2D eigenvalue weighted by Gasteiger charge is -2.36. The molecule has 45 heavy (non-hydrogen) atoms. The zero-order chi connectivity index (χ0) is 34.2. The molecule has 1 aromatic rings. The lowest BCUT2D eigenvalue weighted by Crippen LogP contribution is -2.51. The number of carbonyl (C=O) groups excluding carboxylic acids is 4. The van der Waals surface area contributed by atoms with Gasteiger partial charge in [0.05, 0.1) is 0 Å². The van der Waals surface area contributed by atoms with Gasteiger partial charge in [0.25, 0.3) is 0 Å². The molecule has 0 radical (unpaired) electrons. The number of rotatable bonds is 15. The summed E-state index contributed by atoms with van der Waals surface area (Å²) in [5, 5.41) is 11.4. The summed E-state index contributed by atoms with van der Waals surface area (Å²) in [6.45, 7) is 17.2. The molecule has 0 saturated carbocycles. The fourth-order valence-electron chi connectivity index (χ4n) is 4.34. The predicted octanol–water partition coefficient (Wildman–Crippen LogP) is 6.57. The maximum atomic E-state index is 13.0. The quantitative estimate of drug-likeness (QED) is 0.125. The maximum absolute atomic E-state index is 13.0. The molecule has 0 spiro atoms. The Labute approximate surface area is 269 Å². The number of ether oxygens (including phenoxy) is 4. The molecule has 12 heteroatoms. The first kappa shape index (κ1) is 39.3. The van der Waals surface area contributed by atoms with E-state index < -0.39 is 46.7 Å². The standard InChI is InChI=1S/C33H56N4O8/c1-30(2,3)43-27(39)35-22-14-19-33(37-29(41)45-32(7,8)9,20-15-23-36-28(40)44-31(4,5)6)18-13-21-34-26(38)42-24-25-16-11-10-12-17-25/h10-12,16-17H,13-15,18-24H2,1-9H3,(H,34,38)(H,35,39)(H,36,40)(H,37,41). The smallest absolute Gasteiger partial charge is 0.408 e. The summed E-state index contributed by atoms with van der Waals surface area (Å²) in [6, 6.07) is 9.39. The molecule has 1 aromatic carbocycles. The molecule has 0 aliphatic carbocycles. The summed E-state index contributed by atoms with van der Waals surface area (Å²) in [7, 11) is 0. The Balaban J connectivity index is 2.93. The van der Waals surface area contributed by atoms with Crippen molar-refractivity contribution in [2.45, 2.75) is 130 Å². The Morgan fingerprint density at radius 2 is 0.933 bits per heavy atom. The molecule has 0 atom stereocenters. The van der Waals surface area contributed by atoms with Crippen LogP contribution in [-0.4, -0.2) is 66.3 Å². The fraction of sp³-hybridized carbons (Fsp3) is 0.697. The average molecular weight is 637 g/mol. The molecule has 1 rings (SSSR count). The number of hydrogen-bond donors (Lipinski definition) is 4. The number of benzene rings is 1. The van der Waals surface area contributed by atoms with Crippen molar-refractivity contribution in [3.8, 4) is 0 Å². The first-order chi connectivity index (χ1) is 20.8. The van der Waals surface area contributed by atoms with Gasteiger partial charge in [-0.15, -0.1) is 0 Å². The molecule has 12 nitrogen and oxygen atoms in total. The lowest BCUT2D eigenvalue weighted by atomic mass is 9.83. The van der Waals surface area contributed by atoms with E-state index in [0.29, 0.717) is 58.2 Å². The van der Waals surface area contributed by atoms with E-state index in [-0.39, 0.29) is 6.61 Å². The molecule has 0 aliphatic rings. The monoisotopic (exact) mass is 636 g/mol. The maximum Gasteiger partial charge on any atom is 0.408 e. The van der Waals surface area contributed by atoms with Gasteiger partial charge in [-0.25, -0.2) is 19.2 Å². The number of hydrogen-bond acceptors (Lipinski definition) is 8. The molecule has 0 heterocycles. The highest BCUT2D eigenvalue weighted by atomic mass is 16.6. The Bertz CT molecular complexity index is 1020. The van der Waals surface area contributed by atoms with E-state index in [0.717, 1.165) is 5.56 Å². The van der Waals surface area contributed by atoms with E-state index in [1.54, 1.807) is 62.3 Å². The van der Waals surface area contributed by atoms with Crippen LogP contribution >= 0.6 is 0 Å². The van der Waals surface area contributed by atoms with Crippen molar-refractivity contribution in [1.82, 2.24) is 21.3 Å². The molecular formula is C33H56N4O8. The van der Waals surface area contributed by atoms with E-state index in [4.69, 9.17) is 18.9 Å². The highest BCUT2D eigenvalue weighted by molar-refractivity contribution is 5.69. The molecule has 0 bridgehead atoms. The second-order valence-electron chi connectivity index (χ2n) is 14.1. The van der Waals surface area contributed by atoms with Crippen LogP contribution in [0.1, 0.15) is 106 Å². The van der Waals surface area contributed by atoms with Crippen LogP contribution in [0.3, 0.4) is 0 Å². The fourth-order valence-corrected chi connectivity index (χ4v) is 4.34. The largest absolute Gasteiger partial charge is 0.445 e. The summed E-state index contributed by atoms with van der Waals surface area (Å²) >= 11 is 0. The summed E-state index contributed by atoms with van der Waals surface area (Å²) in [6.07, 6.45) is 0.910. The van der Waals surface area contributed by atoms with Crippen LogP contribution in [0.25, 0.3) is 0 Å². The van der Waals surface area contributed by atoms with Crippen LogP contribution in [-0.2, 0) is 25.6 Å². The number of alkyl carbamates (subject to hydrolysis) is 4. The Kier molecular flexibility index (Phi) is 16.0. The van der Waals surface area contributed by atoms with Crippen LogP contribution in [0, 0.1) is 0 Å². The molecule has 4 amide bonds. The second kappa shape index (κ2) is 18.3. The normalized spacial score (nSPS) is 12.0. The first-order valence-corrected chi connectivity index (χ1v) is 15.7. The van der Waals surface area contributed by atoms with Crippen molar-refractivity contribution in [2.24, 2.45) is 0 Å². The third-order valence-corrected chi connectivity index (χ3v) is 6.08. The lowest BCUT2D eigenvalue weighted by molar-refractivity contribution is 0.0413. The number of carbonyl (C=O) groups is 4. The van der Waals surface area contributed by atoms with Crippen LogP contribution in [0.2, 0.25) is 0 Å². The molecule has 256 valence electrons. The molecule has 0 saturated heterocycles. The Hall–Kier alpha value is -3.70. The highest BCUT2D eigenvalue weighted by Crippen LogP contribution is 2.26. The van der Waals surface area contributed by atoms with Gasteiger partial charge in [-0.3, -0.25) is 0 Å². The van der Waals surface area contributed by atoms with Gasteiger partial charge in [0.1, 0.15) is 23.4 Å². The molecule has 0 fully saturated rings. The predicted molar refractivity (Wildman–Crippen MR) is 173 cm³/mol. The summed E-state index contributed by atoms with van der Waals surface area (Å²) in [4.78, 5) is 49.7. The minimum atomic E-state index is -0.761. The third kappa shape index (κ3) is 20.8. The van der Waals surface area contributed by atoms with Crippen LogP contribution in [0.4, 0.5) is 19.2 Å². The van der Waals surface area contributed by atoms with Crippen LogP contribution < -0.4 is 21.3 Å². The SMILES string of the molecule is CC(C)(C)OC(=O)NCCCC(CCCNC(=O)OCc1ccccc1)(CCCNC(=O)OC(C)(C)C)NC(=O)OC(C)(C)C. The van der Waals surface area contributed by atoms with Crippen molar-refractivity contribution >= 4 is 24.4 Å². The minimum absolute atomic E-state index is 0.159. The van der Waals surface area contributed by atoms with Gasteiger partial charge in [0.2, 0.25) is 0 Å². The summed E-state index contributed by atoms with van der Waals surface area (Å²) < 4.78 is 21.6. The van der Waals surface area contributed by atoms with Crippen molar-refractivity contribution in [3.05, 3.63) is 35.9 Å². The van der Waals surface area contributed by atoms with E-state index in [1.165, 1.54) is 0 Å². The minimum Gasteiger partial charge on any atom is -0.445 e. The summed E-state index contributed by atoms with van der Waals surface area (Å²) in [5.41, 5.74) is -1.84.